The van der Waals surface area contributed by atoms with Gasteiger partial charge in [0.25, 0.3) is 5.56 Å². The van der Waals surface area contributed by atoms with Gasteiger partial charge in [0.2, 0.25) is 11.8 Å². The Bertz CT molecular complexity index is 1060. The molecule has 0 aliphatic carbocycles. The predicted molar refractivity (Wildman–Crippen MR) is 100 cm³/mol. The number of nitrogens with one attached hydrogen (secondary N) is 2. The molecule has 2 N–H and O–H groups in total. The number of carbonyl (C=O) groups excluding carboxylic acids is 2. The van der Waals surface area contributed by atoms with Crippen LogP contribution in [0.2, 0.25) is 0 Å². The maximum Gasteiger partial charge on any atom is 0.274 e. The Balaban J connectivity index is 1.83. The first-order chi connectivity index (χ1) is 12.4. The normalized spacial score (nSPS) is 10.5. The van der Waals surface area contributed by atoms with E-state index in [1.54, 1.807) is 49.5 Å². The molecule has 0 aliphatic heterocycles. The minimum absolute atomic E-state index is 0.0268. The summed E-state index contributed by atoms with van der Waals surface area (Å²) in [5.74, 6) is -0.448. The highest BCUT2D eigenvalue weighted by Crippen LogP contribution is 2.17. The molecule has 0 unspecified atom stereocenters. The molecule has 0 radical (unpaired) electrons. The van der Waals surface area contributed by atoms with Crippen molar-refractivity contribution in [2.24, 2.45) is 7.05 Å². The fraction of sp³-hybridized carbons (Fsp3) is 0.158. The average Bonchev–Trinajstić information content (AvgIpc) is 2.59. The van der Waals surface area contributed by atoms with Gasteiger partial charge < -0.3 is 10.6 Å². The minimum Gasteiger partial charge on any atom is -0.326 e. The van der Waals surface area contributed by atoms with Gasteiger partial charge in [-0.15, -0.1) is 0 Å². The second-order valence-electron chi connectivity index (χ2n) is 5.91. The molecule has 0 fully saturated rings. The van der Waals surface area contributed by atoms with Crippen molar-refractivity contribution in [2.75, 3.05) is 10.6 Å². The monoisotopic (exact) mass is 350 g/mol. The van der Waals surface area contributed by atoms with Crippen LogP contribution in [0.3, 0.4) is 0 Å². The molecule has 2 amide bonds. The fourth-order valence-electron chi connectivity index (χ4n) is 2.74. The van der Waals surface area contributed by atoms with Gasteiger partial charge in [0, 0.05) is 30.7 Å². The zero-order valence-corrected chi connectivity index (χ0v) is 14.4. The van der Waals surface area contributed by atoms with E-state index in [0.717, 1.165) is 0 Å². The van der Waals surface area contributed by atoms with Gasteiger partial charge in [-0.2, -0.15) is 5.10 Å². The molecule has 132 valence electrons. The van der Waals surface area contributed by atoms with E-state index in [-0.39, 0.29) is 23.8 Å². The van der Waals surface area contributed by atoms with Crippen LogP contribution in [0.5, 0.6) is 0 Å². The lowest BCUT2D eigenvalue weighted by Crippen LogP contribution is -2.24. The van der Waals surface area contributed by atoms with Crippen LogP contribution in [-0.2, 0) is 23.1 Å². The second kappa shape index (κ2) is 7.18. The number of benzene rings is 2. The lowest BCUT2D eigenvalue weighted by Gasteiger charge is -2.10. The number of hydrogen-bond donors (Lipinski definition) is 2. The van der Waals surface area contributed by atoms with Gasteiger partial charge in [-0.3, -0.25) is 14.4 Å². The topological polar surface area (TPSA) is 93.1 Å². The van der Waals surface area contributed by atoms with Crippen LogP contribution in [0, 0.1) is 0 Å². The Morgan fingerprint density at radius 1 is 1.00 bits per heavy atom. The van der Waals surface area contributed by atoms with Crippen molar-refractivity contribution in [3.63, 3.8) is 0 Å². The van der Waals surface area contributed by atoms with Gasteiger partial charge in [-0.25, -0.2) is 4.68 Å². The predicted octanol–water partition coefficient (Wildman–Crippen LogP) is 2.07. The first-order valence-electron chi connectivity index (χ1n) is 8.06. The molecule has 0 saturated carbocycles. The molecule has 26 heavy (non-hydrogen) atoms. The molecule has 3 aromatic rings. The van der Waals surface area contributed by atoms with E-state index in [2.05, 4.69) is 15.7 Å². The number of anilines is 2. The summed E-state index contributed by atoms with van der Waals surface area (Å²) in [6.07, 6.45) is 0.0268. The van der Waals surface area contributed by atoms with Crippen LogP contribution in [0.4, 0.5) is 11.4 Å². The molecule has 7 nitrogen and oxygen atoms in total. The van der Waals surface area contributed by atoms with Crippen molar-refractivity contribution in [2.45, 2.75) is 13.3 Å². The van der Waals surface area contributed by atoms with Crippen LogP contribution >= 0.6 is 0 Å². The van der Waals surface area contributed by atoms with E-state index in [1.165, 1.54) is 11.6 Å². The average molecular weight is 350 g/mol. The summed E-state index contributed by atoms with van der Waals surface area (Å²) in [5, 5.41) is 10.9. The summed E-state index contributed by atoms with van der Waals surface area (Å²) in [6, 6.07) is 14.0. The van der Waals surface area contributed by atoms with Gasteiger partial charge in [-0.05, 0) is 24.3 Å². The number of rotatable bonds is 4. The van der Waals surface area contributed by atoms with Gasteiger partial charge in [0.15, 0.2) is 0 Å². The van der Waals surface area contributed by atoms with E-state index in [1.807, 2.05) is 6.07 Å². The molecule has 0 saturated heterocycles. The Morgan fingerprint density at radius 2 is 1.65 bits per heavy atom. The smallest absolute Gasteiger partial charge is 0.274 e. The molecule has 0 atom stereocenters. The van der Waals surface area contributed by atoms with E-state index in [4.69, 9.17) is 0 Å². The van der Waals surface area contributed by atoms with Crippen molar-refractivity contribution in [1.29, 1.82) is 0 Å². The molecule has 0 bridgehead atoms. The fourth-order valence-corrected chi connectivity index (χ4v) is 2.74. The third kappa shape index (κ3) is 3.77. The third-order valence-electron chi connectivity index (χ3n) is 3.83. The molecular weight excluding hydrogens is 332 g/mol. The molecule has 3 rings (SSSR count). The molecule has 0 spiro atoms. The lowest BCUT2D eigenvalue weighted by atomic mass is 10.1. The van der Waals surface area contributed by atoms with Crippen LogP contribution in [-0.4, -0.2) is 21.6 Å². The Hall–Kier alpha value is -3.48. The zero-order valence-electron chi connectivity index (χ0n) is 14.4. The van der Waals surface area contributed by atoms with E-state index in [0.29, 0.717) is 27.8 Å². The van der Waals surface area contributed by atoms with Crippen LogP contribution < -0.4 is 16.2 Å². The Labute approximate surface area is 149 Å². The number of nitrogens with zero attached hydrogens (tertiary/aromatic N) is 2. The van der Waals surface area contributed by atoms with Crippen LogP contribution in [0.15, 0.2) is 53.3 Å². The Morgan fingerprint density at radius 3 is 2.35 bits per heavy atom. The van der Waals surface area contributed by atoms with E-state index >= 15 is 0 Å². The van der Waals surface area contributed by atoms with Crippen molar-refractivity contribution in [3.8, 4) is 0 Å². The number of amides is 2. The zero-order chi connectivity index (χ0) is 18.7. The first kappa shape index (κ1) is 17.3. The first-order valence-corrected chi connectivity index (χ1v) is 8.06. The van der Waals surface area contributed by atoms with Crippen molar-refractivity contribution in [1.82, 2.24) is 9.78 Å². The summed E-state index contributed by atoms with van der Waals surface area (Å²) in [4.78, 5) is 35.7. The van der Waals surface area contributed by atoms with Crippen LogP contribution in [0.1, 0.15) is 12.6 Å². The highest BCUT2D eigenvalue weighted by atomic mass is 16.2. The molecule has 7 heteroatoms. The SMILES string of the molecule is CC(=O)Nc1cccc(NC(=O)Cc2nn(C)c(=O)c3ccccc23)c1. The summed E-state index contributed by atoms with van der Waals surface area (Å²) in [6.45, 7) is 1.42. The summed E-state index contributed by atoms with van der Waals surface area (Å²) in [5.41, 5.74) is 1.49. The molecular formula is C19H18N4O3. The van der Waals surface area contributed by atoms with Gasteiger partial charge in [-0.1, -0.05) is 24.3 Å². The second-order valence-corrected chi connectivity index (χ2v) is 5.91. The van der Waals surface area contributed by atoms with Crippen molar-refractivity contribution < 1.29 is 9.59 Å². The maximum absolute atomic E-state index is 12.4. The molecule has 2 aromatic carbocycles. The minimum atomic E-state index is -0.263. The van der Waals surface area contributed by atoms with Crippen molar-refractivity contribution >= 4 is 34.0 Å². The van der Waals surface area contributed by atoms with E-state index in [9.17, 15) is 14.4 Å². The quantitative estimate of drug-likeness (QED) is 0.753. The van der Waals surface area contributed by atoms with Crippen molar-refractivity contribution in [3.05, 3.63) is 64.6 Å². The van der Waals surface area contributed by atoms with Gasteiger partial charge in [0.05, 0.1) is 17.5 Å². The van der Waals surface area contributed by atoms with E-state index < -0.39 is 0 Å². The highest BCUT2D eigenvalue weighted by molar-refractivity contribution is 5.96. The molecule has 1 aromatic heterocycles. The number of aryl methyl sites for hydroxylation is 1. The number of carbonyl (C=O) groups is 2. The summed E-state index contributed by atoms with van der Waals surface area (Å²) in [7, 11) is 1.56. The number of hydrogen-bond acceptors (Lipinski definition) is 4. The molecule has 0 aliphatic rings. The number of aromatic nitrogens is 2. The van der Waals surface area contributed by atoms with Crippen LogP contribution in [0.25, 0.3) is 10.8 Å². The number of fused-ring (bicyclic) bond motifs is 1. The Kier molecular flexibility index (Phi) is 4.79. The largest absolute Gasteiger partial charge is 0.326 e. The van der Waals surface area contributed by atoms with Gasteiger partial charge in [0.1, 0.15) is 0 Å². The highest BCUT2D eigenvalue weighted by Gasteiger charge is 2.12. The van der Waals surface area contributed by atoms with Gasteiger partial charge >= 0.3 is 0 Å². The lowest BCUT2D eigenvalue weighted by molar-refractivity contribution is -0.116. The maximum atomic E-state index is 12.4. The molecule has 1 heterocycles. The standard InChI is InChI=1S/C19H18N4O3/c1-12(24)20-13-6-5-7-14(10-13)21-18(25)11-17-15-8-3-4-9-16(15)19(26)23(2)22-17/h3-10H,11H2,1-2H3,(H,20,24)(H,21,25). The summed E-state index contributed by atoms with van der Waals surface area (Å²) < 4.78 is 1.24. The summed E-state index contributed by atoms with van der Waals surface area (Å²) >= 11 is 0. The third-order valence-corrected chi connectivity index (χ3v) is 3.83.